The SMILES string of the molecule is Cc1cccc(-c2noc3c(Cl)c([O])ccc23)c1C. The van der Waals surface area contributed by atoms with Crippen molar-refractivity contribution >= 4 is 22.6 Å². The van der Waals surface area contributed by atoms with Gasteiger partial charge in [-0.2, -0.15) is 0 Å². The monoisotopic (exact) mass is 272 g/mol. The second-order valence-corrected chi connectivity index (χ2v) is 4.91. The first-order valence-corrected chi connectivity index (χ1v) is 6.29. The third-order valence-corrected chi connectivity index (χ3v) is 3.76. The van der Waals surface area contributed by atoms with Crippen LogP contribution >= 0.6 is 11.6 Å². The van der Waals surface area contributed by atoms with E-state index in [1.54, 1.807) is 6.07 Å². The molecular formula is C15H11ClNO2. The van der Waals surface area contributed by atoms with E-state index in [9.17, 15) is 5.11 Å². The Hall–Kier alpha value is -2.00. The summed E-state index contributed by atoms with van der Waals surface area (Å²) in [7, 11) is 0. The van der Waals surface area contributed by atoms with E-state index >= 15 is 0 Å². The summed E-state index contributed by atoms with van der Waals surface area (Å²) in [5.41, 5.74) is 4.39. The van der Waals surface area contributed by atoms with Crippen LogP contribution in [-0.4, -0.2) is 5.16 Å². The number of aryl methyl sites for hydroxylation is 1. The number of halogens is 1. The zero-order valence-electron chi connectivity index (χ0n) is 10.5. The molecule has 0 atom stereocenters. The lowest BCUT2D eigenvalue weighted by atomic mass is 9.99. The van der Waals surface area contributed by atoms with Gasteiger partial charge in [-0.1, -0.05) is 35.0 Å². The molecule has 0 unspecified atom stereocenters. The molecule has 19 heavy (non-hydrogen) atoms. The molecule has 3 aromatic rings. The predicted octanol–water partition coefficient (Wildman–Crippen LogP) is 4.91. The lowest BCUT2D eigenvalue weighted by Gasteiger charge is -2.05. The second kappa shape index (κ2) is 4.28. The Balaban J connectivity index is 2.33. The lowest BCUT2D eigenvalue weighted by molar-refractivity contribution is 0.354. The molecule has 0 fully saturated rings. The van der Waals surface area contributed by atoms with Crippen LogP contribution in [0.4, 0.5) is 0 Å². The van der Waals surface area contributed by atoms with Gasteiger partial charge < -0.3 is 4.52 Å². The van der Waals surface area contributed by atoms with Crippen LogP contribution in [0.3, 0.4) is 0 Å². The summed E-state index contributed by atoms with van der Waals surface area (Å²) in [5.74, 6) is -0.252. The minimum atomic E-state index is -0.252. The van der Waals surface area contributed by atoms with Crippen LogP contribution in [0.25, 0.3) is 22.2 Å². The first kappa shape index (κ1) is 12.1. The minimum Gasteiger partial charge on any atom is -0.354 e. The molecule has 0 saturated heterocycles. The van der Waals surface area contributed by atoms with Crippen molar-refractivity contribution < 1.29 is 9.63 Å². The molecule has 0 amide bonds. The molecular weight excluding hydrogens is 262 g/mol. The topological polar surface area (TPSA) is 45.9 Å². The Bertz CT molecular complexity index is 777. The molecule has 3 rings (SSSR count). The van der Waals surface area contributed by atoms with Gasteiger partial charge in [0.25, 0.3) is 0 Å². The van der Waals surface area contributed by atoms with E-state index in [4.69, 9.17) is 16.1 Å². The minimum absolute atomic E-state index is 0.0848. The van der Waals surface area contributed by atoms with E-state index in [1.165, 1.54) is 11.6 Å². The molecule has 0 bridgehead atoms. The molecule has 0 aliphatic carbocycles. The maximum Gasteiger partial charge on any atom is 0.201 e. The van der Waals surface area contributed by atoms with Crippen molar-refractivity contribution in [1.82, 2.24) is 5.16 Å². The summed E-state index contributed by atoms with van der Waals surface area (Å²) >= 11 is 5.95. The maximum absolute atomic E-state index is 11.5. The number of fused-ring (bicyclic) bond motifs is 1. The fourth-order valence-corrected chi connectivity index (χ4v) is 2.36. The third-order valence-electron chi connectivity index (χ3n) is 3.40. The highest BCUT2D eigenvalue weighted by molar-refractivity contribution is 6.36. The summed E-state index contributed by atoms with van der Waals surface area (Å²) in [4.78, 5) is 0. The first-order chi connectivity index (χ1) is 9.09. The van der Waals surface area contributed by atoms with Gasteiger partial charge in [-0.15, -0.1) is 0 Å². The van der Waals surface area contributed by atoms with Gasteiger partial charge in [0.1, 0.15) is 10.7 Å². The van der Waals surface area contributed by atoms with Crippen LogP contribution < -0.4 is 0 Å². The van der Waals surface area contributed by atoms with Gasteiger partial charge in [0.05, 0.1) is 5.39 Å². The van der Waals surface area contributed by atoms with E-state index in [0.29, 0.717) is 5.58 Å². The fourth-order valence-electron chi connectivity index (χ4n) is 2.16. The molecule has 1 heterocycles. The van der Waals surface area contributed by atoms with Crippen molar-refractivity contribution in [2.75, 3.05) is 0 Å². The Morgan fingerprint density at radius 3 is 2.74 bits per heavy atom. The summed E-state index contributed by atoms with van der Waals surface area (Å²) in [5, 5.41) is 16.4. The van der Waals surface area contributed by atoms with E-state index < -0.39 is 0 Å². The highest BCUT2D eigenvalue weighted by Crippen LogP contribution is 2.38. The van der Waals surface area contributed by atoms with E-state index in [0.717, 1.165) is 22.2 Å². The quantitative estimate of drug-likeness (QED) is 0.632. The summed E-state index contributed by atoms with van der Waals surface area (Å²) in [6, 6.07) is 9.15. The number of hydrogen-bond donors (Lipinski definition) is 0. The fraction of sp³-hybridized carbons (Fsp3) is 0.133. The molecule has 0 N–H and O–H groups in total. The average molecular weight is 273 g/mol. The van der Waals surface area contributed by atoms with Crippen LogP contribution in [0.2, 0.25) is 5.02 Å². The van der Waals surface area contributed by atoms with Gasteiger partial charge in [0.15, 0.2) is 5.58 Å². The second-order valence-electron chi connectivity index (χ2n) is 4.53. The van der Waals surface area contributed by atoms with Crippen LogP contribution in [0.5, 0.6) is 5.75 Å². The standard InChI is InChI=1S/C15H11ClNO2/c1-8-4-3-5-10(9(8)2)14-11-6-7-12(18)13(16)15(11)19-17-14/h3-7H,1-2H3. The van der Waals surface area contributed by atoms with Crippen molar-refractivity contribution in [3.8, 4) is 17.0 Å². The molecule has 0 aliphatic heterocycles. The maximum atomic E-state index is 11.5. The first-order valence-electron chi connectivity index (χ1n) is 5.91. The number of rotatable bonds is 1. The Morgan fingerprint density at radius 2 is 1.95 bits per heavy atom. The Labute approximate surface area is 115 Å². The van der Waals surface area contributed by atoms with Gasteiger partial charge in [0.2, 0.25) is 5.75 Å². The van der Waals surface area contributed by atoms with Crippen LogP contribution in [0.1, 0.15) is 11.1 Å². The van der Waals surface area contributed by atoms with Crippen molar-refractivity contribution in [2.45, 2.75) is 13.8 Å². The van der Waals surface area contributed by atoms with Gasteiger partial charge in [-0.3, -0.25) is 5.11 Å². The highest BCUT2D eigenvalue weighted by atomic mass is 35.5. The van der Waals surface area contributed by atoms with Gasteiger partial charge in [-0.25, -0.2) is 0 Å². The van der Waals surface area contributed by atoms with Gasteiger partial charge >= 0.3 is 0 Å². The molecule has 0 aliphatic rings. The normalized spacial score (nSPS) is 11.1. The summed E-state index contributed by atoms with van der Waals surface area (Å²) in [6.45, 7) is 4.08. The Morgan fingerprint density at radius 1 is 1.16 bits per heavy atom. The largest absolute Gasteiger partial charge is 0.354 e. The molecule has 2 aromatic carbocycles. The molecule has 95 valence electrons. The Kier molecular flexibility index (Phi) is 2.72. The average Bonchev–Trinajstić information content (AvgIpc) is 2.82. The van der Waals surface area contributed by atoms with Gasteiger partial charge in [-0.05, 0) is 37.1 Å². The highest BCUT2D eigenvalue weighted by Gasteiger charge is 2.17. The van der Waals surface area contributed by atoms with E-state index in [1.807, 2.05) is 32.0 Å². The van der Waals surface area contributed by atoms with E-state index in [-0.39, 0.29) is 10.8 Å². The lowest BCUT2D eigenvalue weighted by Crippen LogP contribution is -1.87. The zero-order chi connectivity index (χ0) is 13.6. The van der Waals surface area contributed by atoms with Crippen LogP contribution in [0, 0.1) is 13.8 Å². The molecule has 3 nitrogen and oxygen atoms in total. The zero-order valence-corrected chi connectivity index (χ0v) is 11.3. The predicted molar refractivity (Wildman–Crippen MR) is 74.1 cm³/mol. The van der Waals surface area contributed by atoms with Crippen LogP contribution in [-0.2, 0) is 5.11 Å². The van der Waals surface area contributed by atoms with Crippen molar-refractivity contribution in [2.24, 2.45) is 0 Å². The van der Waals surface area contributed by atoms with Gasteiger partial charge in [0, 0.05) is 5.56 Å². The number of nitrogens with zero attached hydrogens (tertiary/aromatic N) is 1. The molecule has 4 heteroatoms. The molecule has 1 radical (unpaired) electrons. The number of hydrogen-bond acceptors (Lipinski definition) is 2. The molecule has 0 saturated carbocycles. The molecule has 1 aromatic heterocycles. The van der Waals surface area contributed by atoms with Crippen molar-refractivity contribution in [3.63, 3.8) is 0 Å². The summed E-state index contributed by atoms with van der Waals surface area (Å²) in [6.07, 6.45) is 0. The van der Waals surface area contributed by atoms with E-state index in [2.05, 4.69) is 5.16 Å². The number of benzene rings is 2. The number of aromatic nitrogens is 1. The summed E-state index contributed by atoms with van der Waals surface area (Å²) < 4.78 is 5.23. The van der Waals surface area contributed by atoms with Crippen molar-refractivity contribution in [1.29, 1.82) is 0 Å². The van der Waals surface area contributed by atoms with Crippen LogP contribution in [0.15, 0.2) is 34.9 Å². The van der Waals surface area contributed by atoms with Crippen molar-refractivity contribution in [3.05, 3.63) is 46.5 Å². The molecule has 0 spiro atoms. The smallest absolute Gasteiger partial charge is 0.201 e. The third kappa shape index (κ3) is 1.78.